The lowest BCUT2D eigenvalue weighted by atomic mass is 10.1. The Kier molecular flexibility index (Phi) is 7.25. The highest BCUT2D eigenvalue weighted by molar-refractivity contribution is 6.03. The summed E-state index contributed by atoms with van der Waals surface area (Å²) in [5.74, 6) is -1.85. The maximum absolute atomic E-state index is 12.1. The van der Waals surface area contributed by atoms with Crippen LogP contribution in [0.5, 0.6) is 0 Å². The zero-order valence-electron chi connectivity index (χ0n) is 13.8. The molecule has 0 aliphatic carbocycles. The van der Waals surface area contributed by atoms with Crippen LogP contribution in [-0.4, -0.2) is 37.2 Å². The van der Waals surface area contributed by atoms with Gasteiger partial charge in [-0.05, 0) is 26.0 Å². The van der Waals surface area contributed by atoms with E-state index in [1.165, 1.54) is 12.1 Å². The number of esters is 3. The van der Waals surface area contributed by atoms with Gasteiger partial charge in [0.15, 0.2) is 0 Å². The minimum Gasteiger partial charge on any atom is -0.462 e. The van der Waals surface area contributed by atoms with Crippen LogP contribution in [-0.2, 0) is 19.0 Å². The fourth-order valence-corrected chi connectivity index (χ4v) is 1.64. The lowest BCUT2D eigenvalue weighted by Crippen LogP contribution is -2.19. The van der Waals surface area contributed by atoms with E-state index in [-0.39, 0.29) is 42.3 Å². The van der Waals surface area contributed by atoms with Crippen molar-refractivity contribution >= 4 is 17.9 Å². The molecule has 0 atom stereocenters. The Labute approximate surface area is 135 Å². The topological polar surface area (TPSA) is 78.9 Å². The Morgan fingerprint density at radius 2 is 1.39 bits per heavy atom. The Morgan fingerprint density at radius 3 is 1.91 bits per heavy atom. The zero-order chi connectivity index (χ0) is 17.4. The molecule has 0 heterocycles. The maximum Gasteiger partial charge on any atom is 0.339 e. The van der Waals surface area contributed by atoms with Crippen molar-refractivity contribution in [2.45, 2.75) is 33.8 Å². The zero-order valence-corrected chi connectivity index (χ0v) is 13.8. The second-order valence-corrected chi connectivity index (χ2v) is 5.46. The third kappa shape index (κ3) is 6.10. The van der Waals surface area contributed by atoms with E-state index in [0.717, 1.165) is 0 Å². The summed E-state index contributed by atoms with van der Waals surface area (Å²) >= 11 is 0. The van der Waals surface area contributed by atoms with Crippen molar-refractivity contribution in [3.8, 4) is 0 Å². The monoisotopic (exact) mass is 322 g/mol. The molecular weight excluding hydrogens is 300 g/mol. The normalized spacial score (nSPS) is 10.5. The van der Waals surface area contributed by atoms with E-state index in [0.29, 0.717) is 0 Å². The predicted molar refractivity (Wildman–Crippen MR) is 83.1 cm³/mol. The summed E-state index contributed by atoms with van der Waals surface area (Å²) < 4.78 is 15.0. The van der Waals surface area contributed by atoms with Crippen LogP contribution in [0.3, 0.4) is 0 Å². The highest BCUT2D eigenvalue weighted by atomic mass is 16.6. The van der Waals surface area contributed by atoms with Gasteiger partial charge in [0.05, 0.1) is 23.1 Å². The minimum atomic E-state index is -0.665. The van der Waals surface area contributed by atoms with Gasteiger partial charge in [-0.2, -0.15) is 0 Å². The van der Waals surface area contributed by atoms with Crippen LogP contribution < -0.4 is 0 Å². The molecule has 0 N–H and O–H groups in total. The van der Waals surface area contributed by atoms with Gasteiger partial charge in [-0.25, -0.2) is 9.59 Å². The number of carbonyl (C=O) groups excluding carboxylic acids is 3. The van der Waals surface area contributed by atoms with Crippen LogP contribution in [0.25, 0.3) is 0 Å². The highest BCUT2D eigenvalue weighted by Gasteiger charge is 2.19. The lowest BCUT2D eigenvalue weighted by Gasteiger charge is -2.12. The summed E-state index contributed by atoms with van der Waals surface area (Å²) in [4.78, 5) is 35.3. The third-order valence-corrected chi connectivity index (χ3v) is 2.74. The van der Waals surface area contributed by atoms with Gasteiger partial charge < -0.3 is 14.2 Å². The summed E-state index contributed by atoms with van der Waals surface area (Å²) in [5, 5.41) is 0. The highest BCUT2D eigenvalue weighted by Crippen LogP contribution is 2.13. The van der Waals surface area contributed by atoms with E-state index in [1.54, 1.807) is 39.8 Å². The summed E-state index contributed by atoms with van der Waals surface area (Å²) in [5.41, 5.74) is 0.263. The van der Waals surface area contributed by atoms with Crippen molar-refractivity contribution in [3.05, 3.63) is 35.4 Å². The standard InChI is InChI=1S/C17H22O6/c1-11(2)15(18)21-9-10-22-16(19)13-7-5-6-8-14(13)17(20)23-12(3)4/h5-8,11-12H,9-10H2,1-4H3. The maximum atomic E-state index is 12.1. The lowest BCUT2D eigenvalue weighted by molar-refractivity contribution is -0.148. The van der Waals surface area contributed by atoms with E-state index < -0.39 is 11.9 Å². The Hall–Kier alpha value is -2.37. The Bertz CT molecular complexity index is 562. The van der Waals surface area contributed by atoms with Gasteiger partial charge in [-0.1, -0.05) is 26.0 Å². The molecule has 0 bridgehead atoms. The number of benzene rings is 1. The van der Waals surface area contributed by atoms with E-state index >= 15 is 0 Å². The largest absolute Gasteiger partial charge is 0.462 e. The van der Waals surface area contributed by atoms with E-state index in [2.05, 4.69) is 0 Å². The van der Waals surface area contributed by atoms with Crippen LogP contribution in [0.4, 0.5) is 0 Å². The number of hydrogen-bond acceptors (Lipinski definition) is 6. The first-order valence-electron chi connectivity index (χ1n) is 7.46. The first kappa shape index (κ1) is 18.7. The van der Waals surface area contributed by atoms with Crippen molar-refractivity contribution in [3.63, 3.8) is 0 Å². The molecule has 0 saturated heterocycles. The average Bonchev–Trinajstić information content (AvgIpc) is 2.50. The molecule has 23 heavy (non-hydrogen) atoms. The van der Waals surface area contributed by atoms with E-state index in [1.807, 2.05) is 0 Å². The van der Waals surface area contributed by atoms with Gasteiger partial charge in [0.2, 0.25) is 0 Å². The molecule has 0 unspecified atom stereocenters. The summed E-state index contributed by atoms with van der Waals surface area (Å²) in [7, 11) is 0. The quantitative estimate of drug-likeness (QED) is 0.436. The molecule has 1 aromatic carbocycles. The smallest absolute Gasteiger partial charge is 0.339 e. The van der Waals surface area contributed by atoms with Crippen LogP contribution in [0.2, 0.25) is 0 Å². The molecular formula is C17H22O6. The molecule has 0 amide bonds. The fourth-order valence-electron chi connectivity index (χ4n) is 1.64. The summed E-state index contributed by atoms with van der Waals surface area (Å²) in [6.45, 7) is 6.77. The van der Waals surface area contributed by atoms with Gasteiger partial charge in [0, 0.05) is 0 Å². The van der Waals surface area contributed by atoms with Crippen molar-refractivity contribution in [1.29, 1.82) is 0 Å². The van der Waals surface area contributed by atoms with E-state index in [4.69, 9.17) is 14.2 Å². The molecule has 6 nitrogen and oxygen atoms in total. The molecule has 1 aromatic rings. The molecule has 0 spiro atoms. The SMILES string of the molecule is CC(C)OC(=O)c1ccccc1C(=O)OCCOC(=O)C(C)C. The predicted octanol–water partition coefficient (Wildman–Crippen LogP) is 2.61. The second-order valence-electron chi connectivity index (χ2n) is 5.46. The van der Waals surface area contributed by atoms with Crippen molar-refractivity contribution < 1.29 is 28.6 Å². The van der Waals surface area contributed by atoms with Crippen LogP contribution >= 0.6 is 0 Å². The van der Waals surface area contributed by atoms with Gasteiger partial charge in [-0.3, -0.25) is 4.79 Å². The molecule has 0 fully saturated rings. The van der Waals surface area contributed by atoms with Gasteiger partial charge >= 0.3 is 17.9 Å². The van der Waals surface area contributed by atoms with Crippen molar-refractivity contribution in [2.24, 2.45) is 5.92 Å². The van der Waals surface area contributed by atoms with Crippen molar-refractivity contribution in [1.82, 2.24) is 0 Å². The Morgan fingerprint density at radius 1 is 0.870 bits per heavy atom. The molecule has 0 aliphatic rings. The fraction of sp³-hybridized carbons (Fsp3) is 0.471. The van der Waals surface area contributed by atoms with Gasteiger partial charge in [0.1, 0.15) is 13.2 Å². The number of carbonyl (C=O) groups is 3. The molecule has 0 aromatic heterocycles. The second kappa shape index (κ2) is 8.92. The molecule has 1 rings (SSSR count). The molecule has 6 heteroatoms. The third-order valence-electron chi connectivity index (χ3n) is 2.74. The van der Waals surface area contributed by atoms with Crippen LogP contribution in [0.15, 0.2) is 24.3 Å². The van der Waals surface area contributed by atoms with Gasteiger partial charge in [-0.15, -0.1) is 0 Å². The number of hydrogen-bond donors (Lipinski definition) is 0. The first-order chi connectivity index (χ1) is 10.8. The molecule has 0 saturated carbocycles. The van der Waals surface area contributed by atoms with Crippen LogP contribution in [0, 0.1) is 5.92 Å². The first-order valence-corrected chi connectivity index (χ1v) is 7.46. The Balaban J connectivity index is 2.63. The molecule has 126 valence electrons. The molecule has 0 aliphatic heterocycles. The summed E-state index contributed by atoms with van der Waals surface area (Å²) in [6.07, 6.45) is -0.290. The van der Waals surface area contributed by atoms with Crippen molar-refractivity contribution in [2.75, 3.05) is 13.2 Å². The van der Waals surface area contributed by atoms with Gasteiger partial charge in [0.25, 0.3) is 0 Å². The average molecular weight is 322 g/mol. The van der Waals surface area contributed by atoms with E-state index in [9.17, 15) is 14.4 Å². The number of ether oxygens (including phenoxy) is 3. The minimum absolute atomic E-state index is 0.0264. The molecule has 0 radical (unpaired) electrons. The summed E-state index contributed by atoms with van der Waals surface area (Å²) in [6, 6.07) is 6.25. The number of rotatable bonds is 7. The van der Waals surface area contributed by atoms with Crippen LogP contribution in [0.1, 0.15) is 48.4 Å².